The minimum Gasteiger partial charge on any atom is -0.462 e. The average molecular weight is 596 g/mol. The fourth-order valence-electron chi connectivity index (χ4n) is 6.36. The summed E-state index contributed by atoms with van der Waals surface area (Å²) in [7, 11) is -1.69. The van der Waals surface area contributed by atoms with E-state index < -0.39 is 8.32 Å². The molecule has 2 aliphatic rings. The Morgan fingerprint density at radius 2 is 1.92 bits per heavy atom. The summed E-state index contributed by atoms with van der Waals surface area (Å²) < 4.78 is 18.5. The number of thiazole rings is 1. The van der Waals surface area contributed by atoms with E-state index in [-0.39, 0.29) is 29.6 Å². The van der Waals surface area contributed by atoms with Gasteiger partial charge >= 0.3 is 11.9 Å². The van der Waals surface area contributed by atoms with E-state index in [1.165, 1.54) is 50.4 Å². The summed E-state index contributed by atoms with van der Waals surface area (Å²) in [4.78, 5) is 28.2. The van der Waals surface area contributed by atoms with Gasteiger partial charge in [-0.1, -0.05) is 56.0 Å². The molecule has 4 atom stereocenters. The van der Waals surface area contributed by atoms with Gasteiger partial charge in [0.15, 0.2) is 18.4 Å². The fourth-order valence-corrected chi connectivity index (χ4v) is 9.92. The Bertz CT molecular complexity index is 955. The molecule has 220 valence electrons. The SMILES string of the molecule is CCOC(=O)c1csc(SCCC2C(C=CCC(C)(CC3CCCCC3)O[Si](C)(C)C)CCC2OC(C)=O)n1. The first-order chi connectivity index (χ1) is 18.5. The molecule has 39 heavy (non-hydrogen) atoms. The van der Waals surface area contributed by atoms with Crippen LogP contribution in [0.3, 0.4) is 0 Å². The Balaban J connectivity index is 1.62. The molecule has 0 bridgehead atoms. The number of thioether (sulfide) groups is 1. The van der Waals surface area contributed by atoms with Crippen molar-refractivity contribution < 1.29 is 23.5 Å². The third kappa shape index (κ3) is 11.0. The number of hydrogen-bond acceptors (Lipinski definition) is 8. The molecular weight excluding hydrogens is 547 g/mol. The van der Waals surface area contributed by atoms with Gasteiger partial charge in [0.25, 0.3) is 0 Å². The molecule has 1 aromatic heterocycles. The summed E-state index contributed by atoms with van der Waals surface area (Å²) >= 11 is 3.13. The van der Waals surface area contributed by atoms with Crippen molar-refractivity contribution in [1.29, 1.82) is 0 Å². The van der Waals surface area contributed by atoms with E-state index >= 15 is 0 Å². The maximum atomic E-state index is 11.9. The molecule has 0 spiro atoms. The second-order valence-electron chi connectivity index (χ2n) is 12.4. The standard InChI is InChI=1S/C30H49NO5S2Si/c1-7-34-28(33)26-21-38-29(31-26)37-19-17-25-24(15-16-27(25)35-22(2)32)14-11-18-30(3,36-39(4,5)6)20-23-12-9-8-10-13-23/h11,14,21,23-25,27H,7-10,12-13,15-20H2,1-6H3. The molecule has 4 unspecified atom stereocenters. The molecule has 1 heterocycles. The molecule has 2 saturated carbocycles. The summed E-state index contributed by atoms with van der Waals surface area (Å²) in [5.41, 5.74) is 0.254. The molecule has 0 saturated heterocycles. The molecule has 6 nitrogen and oxygen atoms in total. The van der Waals surface area contributed by atoms with Crippen LogP contribution >= 0.6 is 23.1 Å². The molecule has 3 rings (SSSR count). The number of nitrogens with zero attached hydrogens (tertiary/aromatic N) is 1. The van der Waals surface area contributed by atoms with Crippen molar-refractivity contribution in [2.24, 2.45) is 17.8 Å². The van der Waals surface area contributed by atoms with Crippen molar-refractivity contribution >= 4 is 43.4 Å². The van der Waals surface area contributed by atoms with Gasteiger partial charge in [-0.25, -0.2) is 9.78 Å². The molecule has 0 N–H and O–H groups in total. The molecule has 0 aromatic carbocycles. The van der Waals surface area contributed by atoms with E-state index in [4.69, 9.17) is 13.9 Å². The Hall–Kier alpha value is -1.16. The maximum absolute atomic E-state index is 11.9. The first-order valence-electron chi connectivity index (χ1n) is 14.8. The Morgan fingerprint density at radius 3 is 2.59 bits per heavy atom. The first-order valence-corrected chi connectivity index (χ1v) is 20.0. The third-order valence-electron chi connectivity index (χ3n) is 7.70. The number of allylic oxidation sites excluding steroid dienone is 1. The van der Waals surface area contributed by atoms with Gasteiger partial charge in [0.05, 0.1) is 12.2 Å². The lowest BCUT2D eigenvalue weighted by Gasteiger charge is -2.39. The third-order valence-corrected chi connectivity index (χ3v) is 10.9. The summed E-state index contributed by atoms with van der Waals surface area (Å²) in [6.07, 6.45) is 16.4. The monoisotopic (exact) mass is 595 g/mol. The molecule has 2 aliphatic carbocycles. The predicted octanol–water partition coefficient (Wildman–Crippen LogP) is 8.29. The van der Waals surface area contributed by atoms with Crippen LogP contribution in [-0.2, 0) is 18.7 Å². The zero-order chi connectivity index (χ0) is 28.5. The summed E-state index contributed by atoms with van der Waals surface area (Å²) in [5, 5.41) is 1.76. The van der Waals surface area contributed by atoms with Gasteiger partial charge in [0.2, 0.25) is 0 Å². The van der Waals surface area contributed by atoms with E-state index in [0.717, 1.165) is 48.1 Å². The Morgan fingerprint density at radius 1 is 1.18 bits per heavy atom. The van der Waals surface area contributed by atoms with Crippen LogP contribution in [0.2, 0.25) is 19.6 Å². The van der Waals surface area contributed by atoms with E-state index in [0.29, 0.717) is 18.2 Å². The van der Waals surface area contributed by atoms with Crippen LogP contribution in [0.15, 0.2) is 21.9 Å². The highest BCUT2D eigenvalue weighted by Crippen LogP contribution is 2.40. The highest BCUT2D eigenvalue weighted by atomic mass is 32.2. The van der Waals surface area contributed by atoms with Crippen LogP contribution in [0.1, 0.15) is 95.5 Å². The highest BCUT2D eigenvalue weighted by Gasteiger charge is 2.37. The zero-order valence-electron chi connectivity index (χ0n) is 24.8. The Kier molecular flexibility index (Phi) is 12.6. The number of carbonyl (C=O) groups excluding carboxylic acids is 2. The quantitative estimate of drug-likeness (QED) is 0.0927. The lowest BCUT2D eigenvalue weighted by atomic mass is 9.80. The predicted molar refractivity (Wildman–Crippen MR) is 163 cm³/mol. The number of ether oxygens (including phenoxy) is 2. The molecular formula is C30H49NO5S2Si. The lowest BCUT2D eigenvalue weighted by molar-refractivity contribution is -0.148. The molecule has 0 amide bonds. The second kappa shape index (κ2) is 15.2. The van der Waals surface area contributed by atoms with E-state index in [2.05, 4.69) is 43.7 Å². The number of esters is 2. The molecule has 1 aromatic rings. The minimum atomic E-state index is -1.69. The number of carbonyl (C=O) groups is 2. The van der Waals surface area contributed by atoms with Crippen LogP contribution in [0.5, 0.6) is 0 Å². The van der Waals surface area contributed by atoms with Crippen molar-refractivity contribution in [3.05, 3.63) is 23.2 Å². The van der Waals surface area contributed by atoms with Crippen molar-refractivity contribution in [3.63, 3.8) is 0 Å². The van der Waals surface area contributed by atoms with Gasteiger partial charge in [0.1, 0.15) is 6.10 Å². The van der Waals surface area contributed by atoms with E-state index in [9.17, 15) is 9.59 Å². The number of aromatic nitrogens is 1. The van der Waals surface area contributed by atoms with Gasteiger partial charge in [-0.3, -0.25) is 4.79 Å². The van der Waals surface area contributed by atoms with Gasteiger partial charge < -0.3 is 13.9 Å². The molecule has 9 heteroatoms. The van der Waals surface area contributed by atoms with Gasteiger partial charge in [-0.05, 0) is 77.4 Å². The summed E-state index contributed by atoms with van der Waals surface area (Å²) in [6, 6.07) is 0. The number of hydrogen-bond donors (Lipinski definition) is 0. The topological polar surface area (TPSA) is 74.7 Å². The largest absolute Gasteiger partial charge is 0.462 e. The Labute approximate surface area is 245 Å². The zero-order valence-corrected chi connectivity index (χ0v) is 27.5. The van der Waals surface area contributed by atoms with Crippen molar-refractivity contribution in [2.75, 3.05) is 12.4 Å². The normalized spacial score (nSPS) is 24.1. The number of rotatable bonds is 14. The second-order valence-corrected chi connectivity index (χ2v) is 19.0. The van der Waals surface area contributed by atoms with Gasteiger partial charge in [-0.15, -0.1) is 11.3 Å². The maximum Gasteiger partial charge on any atom is 0.357 e. The van der Waals surface area contributed by atoms with Crippen molar-refractivity contribution in [2.45, 2.75) is 121 Å². The van der Waals surface area contributed by atoms with Crippen molar-refractivity contribution in [3.8, 4) is 0 Å². The van der Waals surface area contributed by atoms with E-state index in [1.54, 1.807) is 24.1 Å². The molecule has 2 fully saturated rings. The lowest BCUT2D eigenvalue weighted by Crippen LogP contribution is -2.42. The van der Waals surface area contributed by atoms with Crippen LogP contribution in [0.25, 0.3) is 0 Å². The van der Waals surface area contributed by atoms with E-state index in [1.807, 2.05) is 0 Å². The van der Waals surface area contributed by atoms with Crippen LogP contribution in [-0.4, -0.2) is 49.3 Å². The fraction of sp³-hybridized carbons (Fsp3) is 0.767. The smallest absolute Gasteiger partial charge is 0.357 e. The first kappa shape index (κ1) is 32.4. The van der Waals surface area contributed by atoms with Gasteiger partial charge in [-0.2, -0.15) is 0 Å². The molecule has 0 aliphatic heterocycles. The van der Waals surface area contributed by atoms with Crippen LogP contribution in [0, 0.1) is 17.8 Å². The summed E-state index contributed by atoms with van der Waals surface area (Å²) in [6.45, 7) is 12.9. The average Bonchev–Trinajstić information content (AvgIpc) is 3.46. The minimum absolute atomic E-state index is 0.0454. The van der Waals surface area contributed by atoms with Crippen molar-refractivity contribution in [1.82, 2.24) is 4.98 Å². The van der Waals surface area contributed by atoms with Crippen LogP contribution in [0.4, 0.5) is 0 Å². The van der Waals surface area contributed by atoms with Gasteiger partial charge in [0, 0.05) is 24.0 Å². The highest BCUT2D eigenvalue weighted by molar-refractivity contribution is 8.01. The molecule has 0 radical (unpaired) electrons. The summed E-state index contributed by atoms with van der Waals surface area (Å²) in [5.74, 6) is 1.72. The van der Waals surface area contributed by atoms with Crippen LogP contribution < -0.4 is 0 Å².